The van der Waals surface area contributed by atoms with Gasteiger partial charge in [0.2, 0.25) is 21.8 Å². The lowest BCUT2D eigenvalue weighted by Gasteiger charge is -2.30. The maximum absolute atomic E-state index is 13.6. The van der Waals surface area contributed by atoms with Gasteiger partial charge in [0, 0.05) is 25.2 Å². The summed E-state index contributed by atoms with van der Waals surface area (Å²) in [6.45, 7) is 0.944. The molecule has 2 aliphatic rings. The van der Waals surface area contributed by atoms with Crippen molar-refractivity contribution in [3.63, 3.8) is 0 Å². The van der Waals surface area contributed by atoms with Crippen LogP contribution in [0.15, 0.2) is 89.8 Å². The fourth-order valence-corrected chi connectivity index (χ4v) is 6.05. The van der Waals surface area contributed by atoms with E-state index in [-0.39, 0.29) is 23.1 Å². The number of benzene rings is 3. The van der Waals surface area contributed by atoms with Crippen LogP contribution in [-0.2, 0) is 32.5 Å². The molecule has 1 atom stereocenters. The smallest absolute Gasteiger partial charge is 0.241 e. The minimum atomic E-state index is -3.99. The first-order valence-electron chi connectivity index (χ1n) is 12.4. The van der Waals surface area contributed by atoms with Crippen molar-refractivity contribution in [3.8, 4) is 0 Å². The number of rotatable bonds is 7. The Morgan fingerprint density at radius 3 is 2.38 bits per heavy atom. The van der Waals surface area contributed by atoms with Crippen LogP contribution in [0.5, 0.6) is 0 Å². The molecule has 0 saturated heterocycles. The summed E-state index contributed by atoms with van der Waals surface area (Å²) in [4.78, 5) is 27.1. The SMILES string of the molecule is O=C1CCc2cc(S(=O)(=O)N[C@H](Cc3ccccc3)C(=O)N3CC=C(c4ccccc4)CC3)ccc2N1. The average Bonchev–Trinajstić information content (AvgIpc) is 2.93. The van der Waals surface area contributed by atoms with Crippen molar-refractivity contribution in [1.82, 2.24) is 9.62 Å². The van der Waals surface area contributed by atoms with Crippen LogP contribution in [-0.4, -0.2) is 44.3 Å². The van der Waals surface area contributed by atoms with Crippen LogP contribution in [0.3, 0.4) is 0 Å². The molecule has 2 heterocycles. The molecule has 0 aromatic heterocycles. The summed E-state index contributed by atoms with van der Waals surface area (Å²) in [5.74, 6) is -0.332. The molecular weight excluding hydrogens is 486 g/mol. The molecule has 8 heteroatoms. The first-order chi connectivity index (χ1) is 17.9. The van der Waals surface area contributed by atoms with Crippen molar-refractivity contribution >= 4 is 33.1 Å². The Labute approximate surface area is 217 Å². The molecule has 0 aliphatic carbocycles. The average molecular weight is 516 g/mol. The largest absolute Gasteiger partial charge is 0.337 e. The topological polar surface area (TPSA) is 95.6 Å². The van der Waals surface area contributed by atoms with Gasteiger partial charge in [-0.25, -0.2) is 8.42 Å². The molecule has 3 aromatic carbocycles. The minimum absolute atomic E-state index is 0.0816. The van der Waals surface area contributed by atoms with Gasteiger partial charge in [-0.1, -0.05) is 66.7 Å². The molecule has 5 rings (SSSR count). The van der Waals surface area contributed by atoms with Gasteiger partial charge in [-0.2, -0.15) is 4.72 Å². The normalized spacial score (nSPS) is 16.4. The number of fused-ring (bicyclic) bond motifs is 1. The lowest BCUT2D eigenvalue weighted by atomic mass is 9.98. The molecule has 0 spiro atoms. The molecular formula is C29H29N3O4S. The zero-order valence-electron chi connectivity index (χ0n) is 20.4. The molecule has 0 saturated carbocycles. The van der Waals surface area contributed by atoms with Gasteiger partial charge in [-0.15, -0.1) is 0 Å². The molecule has 0 unspecified atom stereocenters. The Kier molecular flexibility index (Phi) is 7.21. The summed E-state index contributed by atoms with van der Waals surface area (Å²) in [5.41, 5.74) is 4.59. The maximum atomic E-state index is 13.6. The highest BCUT2D eigenvalue weighted by Gasteiger charge is 2.31. The van der Waals surface area contributed by atoms with E-state index < -0.39 is 16.1 Å². The van der Waals surface area contributed by atoms with Crippen LogP contribution in [0.1, 0.15) is 29.5 Å². The van der Waals surface area contributed by atoms with E-state index in [9.17, 15) is 18.0 Å². The van der Waals surface area contributed by atoms with Gasteiger partial charge in [0.1, 0.15) is 6.04 Å². The first-order valence-corrected chi connectivity index (χ1v) is 13.9. The summed E-state index contributed by atoms with van der Waals surface area (Å²) in [5, 5.41) is 2.77. The maximum Gasteiger partial charge on any atom is 0.241 e. The first kappa shape index (κ1) is 24.9. The minimum Gasteiger partial charge on any atom is -0.337 e. The molecule has 0 radical (unpaired) electrons. The van der Waals surface area contributed by atoms with Crippen LogP contribution < -0.4 is 10.0 Å². The Bertz CT molecular complexity index is 1440. The monoisotopic (exact) mass is 515 g/mol. The van der Waals surface area contributed by atoms with E-state index in [1.807, 2.05) is 54.6 Å². The van der Waals surface area contributed by atoms with Gasteiger partial charge < -0.3 is 10.2 Å². The summed E-state index contributed by atoms with van der Waals surface area (Å²) >= 11 is 0. The van der Waals surface area contributed by atoms with Crippen LogP contribution in [0.4, 0.5) is 5.69 Å². The zero-order valence-corrected chi connectivity index (χ0v) is 21.2. The van der Waals surface area contributed by atoms with Crippen molar-refractivity contribution < 1.29 is 18.0 Å². The summed E-state index contributed by atoms with van der Waals surface area (Å²) in [6.07, 6.45) is 3.78. The number of hydrogen-bond acceptors (Lipinski definition) is 4. The second-order valence-corrected chi connectivity index (χ2v) is 11.1. The third-order valence-electron chi connectivity index (χ3n) is 6.83. The van der Waals surface area contributed by atoms with E-state index >= 15 is 0 Å². The molecule has 190 valence electrons. The molecule has 0 fully saturated rings. The number of hydrogen-bond donors (Lipinski definition) is 2. The Hall–Kier alpha value is -3.75. The highest BCUT2D eigenvalue weighted by Crippen LogP contribution is 2.26. The lowest BCUT2D eigenvalue weighted by molar-refractivity contribution is -0.132. The van der Waals surface area contributed by atoms with Crippen molar-refractivity contribution in [2.75, 3.05) is 18.4 Å². The van der Waals surface area contributed by atoms with Crippen molar-refractivity contribution in [1.29, 1.82) is 0 Å². The highest BCUT2D eigenvalue weighted by atomic mass is 32.2. The quantitative estimate of drug-likeness (QED) is 0.501. The second-order valence-electron chi connectivity index (χ2n) is 9.36. The van der Waals surface area contributed by atoms with E-state index in [0.29, 0.717) is 38.0 Å². The van der Waals surface area contributed by atoms with E-state index in [4.69, 9.17) is 0 Å². The number of amides is 2. The number of aryl methyl sites for hydroxylation is 1. The zero-order chi connectivity index (χ0) is 25.8. The fraction of sp³-hybridized carbons (Fsp3) is 0.241. The van der Waals surface area contributed by atoms with Crippen LogP contribution in [0, 0.1) is 0 Å². The fourth-order valence-electron chi connectivity index (χ4n) is 4.82. The third-order valence-corrected chi connectivity index (χ3v) is 8.30. The standard InChI is InChI=1S/C29H29N3O4S/c33-28-14-11-24-20-25(12-13-26(24)30-28)37(35,36)31-27(19-21-7-3-1-4-8-21)29(34)32-17-15-23(16-18-32)22-9-5-2-6-10-22/h1-10,12-13,15,20,27,31H,11,14,16-19H2,(H,30,33)/t27-/m1/s1. The number of carbonyl (C=O) groups excluding carboxylic acids is 2. The Morgan fingerprint density at radius 1 is 0.946 bits per heavy atom. The van der Waals surface area contributed by atoms with Crippen LogP contribution >= 0.6 is 0 Å². The van der Waals surface area contributed by atoms with Crippen molar-refractivity contribution in [2.24, 2.45) is 0 Å². The number of nitrogens with zero attached hydrogens (tertiary/aromatic N) is 1. The summed E-state index contributed by atoms with van der Waals surface area (Å²) in [6, 6.07) is 23.2. The lowest BCUT2D eigenvalue weighted by Crippen LogP contribution is -2.50. The molecule has 3 aromatic rings. The molecule has 37 heavy (non-hydrogen) atoms. The molecule has 2 aliphatic heterocycles. The number of nitrogens with one attached hydrogen (secondary N) is 2. The molecule has 2 N–H and O–H groups in total. The van der Waals surface area contributed by atoms with Crippen LogP contribution in [0.25, 0.3) is 5.57 Å². The van der Waals surface area contributed by atoms with Gasteiger partial charge in [-0.05, 0) is 59.7 Å². The third kappa shape index (κ3) is 5.81. The van der Waals surface area contributed by atoms with Gasteiger partial charge in [-0.3, -0.25) is 9.59 Å². The second kappa shape index (κ2) is 10.7. The van der Waals surface area contributed by atoms with Gasteiger partial charge in [0.05, 0.1) is 4.90 Å². The van der Waals surface area contributed by atoms with Crippen molar-refractivity contribution in [3.05, 3.63) is 102 Å². The predicted molar refractivity (Wildman–Crippen MR) is 143 cm³/mol. The highest BCUT2D eigenvalue weighted by molar-refractivity contribution is 7.89. The number of anilines is 1. The van der Waals surface area contributed by atoms with E-state index in [1.165, 1.54) is 11.6 Å². The van der Waals surface area contributed by atoms with Gasteiger partial charge >= 0.3 is 0 Å². The van der Waals surface area contributed by atoms with E-state index in [0.717, 1.165) is 16.7 Å². The van der Waals surface area contributed by atoms with Crippen LogP contribution in [0.2, 0.25) is 0 Å². The molecule has 2 amide bonds. The van der Waals surface area contributed by atoms with E-state index in [1.54, 1.807) is 17.0 Å². The number of carbonyl (C=O) groups is 2. The predicted octanol–water partition coefficient (Wildman–Crippen LogP) is 3.78. The Balaban J connectivity index is 1.37. The van der Waals surface area contributed by atoms with Crippen molar-refractivity contribution in [2.45, 2.75) is 36.6 Å². The number of sulfonamides is 1. The van der Waals surface area contributed by atoms with E-state index in [2.05, 4.69) is 22.2 Å². The summed E-state index contributed by atoms with van der Waals surface area (Å²) in [7, 11) is -3.99. The molecule has 0 bridgehead atoms. The Morgan fingerprint density at radius 2 is 1.68 bits per heavy atom. The molecule has 7 nitrogen and oxygen atoms in total. The van der Waals surface area contributed by atoms with Gasteiger partial charge in [0.25, 0.3) is 0 Å². The summed E-state index contributed by atoms with van der Waals surface area (Å²) < 4.78 is 29.5. The van der Waals surface area contributed by atoms with Gasteiger partial charge in [0.15, 0.2) is 0 Å².